The van der Waals surface area contributed by atoms with Gasteiger partial charge in [0.05, 0.1) is 12.6 Å². The maximum atomic E-state index is 11.6. The molecule has 3 rings (SSSR count). The normalized spacial score (nSPS) is 19.3. The molecular weight excluding hydrogens is 352 g/mol. The molecule has 7 nitrogen and oxygen atoms in total. The molecular formula is C15H11ClN4O3S. The lowest BCUT2D eigenvalue weighted by Crippen LogP contribution is -2.26. The van der Waals surface area contributed by atoms with Crippen LogP contribution in [0.5, 0.6) is 0 Å². The minimum absolute atomic E-state index is 0.251. The van der Waals surface area contributed by atoms with Crippen molar-refractivity contribution < 1.29 is 14.7 Å². The third-order valence-electron chi connectivity index (χ3n) is 3.20. The Morgan fingerprint density at radius 2 is 2.25 bits per heavy atom. The second kappa shape index (κ2) is 6.98. The molecule has 1 fully saturated rings. The molecule has 1 aromatic heterocycles. The standard InChI is InChI=1S/C15H11ClN4O3S/c16-12-4-9-2-1-8(3-10(9)7-17-12)6-18-20-15-19-14(23)11(24-15)5-13(21)22/h1-4,6-7,11H,5H2,(H,21,22)(H,19,20,23). The number of nitrogens with one attached hydrogen (secondary N) is 1. The number of carbonyl (C=O) groups excluding carboxylic acids is 1. The van der Waals surface area contributed by atoms with E-state index in [2.05, 4.69) is 20.5 Å². The fourth-order valence-electron chi connectivity index (χ4n) is 2.11. The van der Waals surface area contributed by atoms with E-state index in [4.69, 9.17) is 16.7 Å². The van der Waals surface area contributed by atoms with E-state index in [1.54, 1.807) is 12.3 Å². The third-order valence-corrected chi connectivity index (χ3v) is 4.48. The Labute approximate surface area is 145 Å². The van der Waals surface area contributed by atoms with Crippen molar-refractivity contribution in [2.45, 2.75) is 11.7 Å². The van der Waals surface area contributed by atoms with E-state index in [1.165, 1.54) is 6.21 Å². The highest BCUT2D eigenvalue weighted by atomic mass is 35.5. The predicted octanol–water partition coefficient (Wildman–Crippen LogP) is 2.28. The van der Waals surface area contributed by atoms with Crippen LogP contribution in [-0.4, -0.2) is 38.6 Å². The Morgan fingerprint density at radius 1 is 1.42 bits per heavy atom. The van der Waals surface area contributed by atoms with Gasteiger partial charge >= 0.3 is 5.97 Å². The SMILES string of the molecule is O=C(O)CC1SC(=NN=Cc2ccc3cc(Cl)ncc3c2)NC1=O. The van der Waals surface area contributed by atoms with Crippen molar-refractivity contribution in [1.29, 1.82) is 0 Å². The summed E-state index contributed by atoms with van der Waals surface area (Å²) in [6, 6.07) is 7.41. The molecule has 2 N–H and O–H groups in total. The van der Waals surface area contributed by atoms with Gasteiger partial charge in [0, 0.05) is 11.6 Å². The highest BCUT2D eigenvalue weighted by Crippen LogP contribution is 2.22. The molecule has 1 atom stereocenters. The van der Waals surface area contributed by atoms with Gasteiger partial charge in [-0.1, -0.05) is 35.5 Å². The molecule has 1 aliphatic rings. The smallest absolute Gasteiger partial charge is 0.305 e. The summed E-state index contributed by atoms with van der Waals surface area (Å²) in [6.45, 7) is 0. The Morgan fingerprint density at radius 3 is 3.04 bits per heavy atom. The van der Waals surface area contributed by atoms with Crippen molar-refractivity contribution in [2.24, 2.45) is 10.2 Å². The molecule has 122 valence electrons. The molecule has 1 aromatic carbocycles. The average Bonchev–Trinajstić information content (AvgIpc) is 2.86. The molecule has 24 heavy (non-hydrogen) atoms. The minimum atomic E-state index is -1.03. The van der Waals surface area contributed by atoms with Gasteiger partial charge < -0.3 is 10.4 Å². The maximum Gasteiger partial charge on any atom is 0.305 e. The van der Waals surface area contributed by atoms with E-state index in [9.17, 15) is 9.59 Å². The number of aromatic nitrogens is 1. The molecule has 0 radical (unpaired) electrons. The zero-order valence-corrected chi connectivity index (χ0v) is 13.7. The molecule has 1 amide bonds. The average molecular weight is 363 g/mol. The van der Waals surface area contributed by atoms with Gasteiger partial charge in [-0.05, 0) is 23.1 Å². The first-order chi connectivity index (χ1) is 11.5. The molecule has 2 heterocycles. The summed E-state index contributed by atoms with van der Waals surface area (Å²) in [5.74, 6) is -1.40. The van der Waals surface area contributed by atoms with E-state index < -0.39 is 11.2 Å². The molecule has 0 spiro atoms. The van der Waals surface area contributed by atoms with Gasteiger partial charge in [-0.3, -0.25) is 9.59 Å². The molecule has 0 saturated carbocycles. The Kier molecular flexibility index (Phi) is 4.77. The summed E-state index contributed by atoms with van der Waals surface area (Å²) in [5.41, 5.74) is 0.812. The summed E-state index contributed by atoms with van der Waals surface area (Å²) < 4.78 is 0. The molecule has 1 saturated heterocycles. The lowest BCUT2D eigenvalue weighted by molar-refractivity contribution is -0.138. The fraction of sp³-hybridized carbons (Fsp3) is 0.133. The van der Waals surface area contributed by atoms with E-state index in [1.807, 2.05) is 18.2 Å². The zero-order chi connectivity index (χ0) is 17.1. The maximum absolute atomic E-state index is 11.6. The van der Waals surface area contributed by atoms with Crippen molar-refractivity contribution >= 4 is 57.4 Å². The van der Waals surface area contributed by atoms with Gasteiger partial charge in [-0.2, -0.15) is 5.10 Å². The van der Waals surface area contributed by atoms with Crippen LogP contribution < -0.4 is 5.32 Å². The second-order valence-corrected chi connectivity index (χ2v) is 6.54. The first kappa shape index (κ1) is 16.4. The van der Waals surface area contributed by atoms with Crippen LogP contribution in [0.3, 0.4) is 0 Å². The van der Waals surface area contributed by atoms with E-state index >= 15 is 0 Å². The van der Waals surface area contributed by atoms with Crippen LogP contribution in [0.15, 0.2) is 40.7 Å². The topological polar surface area (TPSA) is 104 Å². The number of aliphatic carboxylic acids is 1. The van der Waals surface area contributed by atoms with Crippen molar-refractivity contribution in [3.63, 3.8) is 0 Å². The number of hydrogen-bond donors (Lipinski definition) is 2. The number of pyridine rings is 1. The minimum Gasteiger partial charge on any atom is -0.481 e. The van der Waals surface area contributed by atoms with Crippen LogP contribution in [0.25, 0.3) is 10.8 Å². The van der Waals surface area contributed by atoms with E-state index in [0.717, 1.165) is 28.1 Å². The Bertz CT molecular complexity index is 884. The lowest BCUT2D eigenvalue weighted by atomic mass is 10.1. The predicted molar refractivity (Wildman–Crippen MR) is 93.6 cm³/mol. The summed E-state index contributed by atoms with van der Waals surface area (Å²) in [7, 11) is 0. The number of amidine groups is 1. The monoisotopic (exact) mass is 362 g/mol. The summed E-state index contributed by atoms with van der Waals surface area (Å²) in [5, 5.41) is 21.0. The van der Waals surface area contributed by atoms with Gasteiger partial charge in [0.25, 0.3) is 0 Å². The number of thioether (sulfide) groups is 1. The Hall–Kier alpha value is -2.45. The second-order valence-electron chi connectivity index (χ2n) is 4.96. The molecule has 1 unspecified atom stereocenters. The van der Waals surface area contributed by atoms with Crippen LogP contribution in [0, 0.1) is 0 Å². The number of amides is 1. The largest absolute Gasteiger partial charge is 0.481 e. The van der Waals surface area contributed by atoms with Crippen LogP contribution in [0.1, 0.15) is 12.0 Å². The highest BCUT2D eigenvalue weighted by molar-refractivity contribution is 8.15. The zero-order valence-electron chi connectivity index (χ0n) is 12.1. The van der Waals surface area contributed by atoms with Crippen molar-refractivity contribution in [3.05, 3.63) is 41.2 Å². The Balaban J connectivity index is 1.71. The molecule has 1 aliphatic heterocycles. The van der Waals surface area contributed by atoms with Crippen molar-refractivity contribution in [1.82, 2.24) is 10.3 Å². The van der Waals surface area contributed by atoms with Crippen molar-refractivity contribution in [3.8, 4) is 0 Å². The summed E-state index contributed by atoms with van der Waals surface area (Å²) >= 11 is 6.90. The van der Waals surface area contributed by atoms with Gasteiger partial charge in [0.15, 0.2) is 5.17 Å². The number of rotatable bonds is 4. The van der Waals surface area contributed by atoms with Gasteiger partial charge in [0.2, 0.25) is 5.91 Å². The third kappa shape index (κ3) is 3.90. The number of nitrogens with zero attached hydrogens (tertiary/aromatic N) is 3. The quantitative estimate of drug-likeness (QED) is 0.493. The fourth-order valence-corrected chi connectivity index (χ4v) is 3.19. The first-order valence-corrected chi connectivity index (χ1v) is 8.13. The number of halogens is 1. The van der Waals surface area contributed by atoms with E-state index in [0.29, 0.717) is 5.15 Å². The van der Waals surface area contributed by atoms with Crippen molar-refractivity contribution in [2.75, 3.05) is 0 Å². The van der Waals surface area contributed by atoms with Gasteiger partial charge in [-0.15, -0.1) is 5.10 Å². The number of carboxylic acids is 1. The van der Waals surface area contributed by atoms with E-state index in [-0.39, 0.29) is 17.5 Å². The number of benzene rings is 1. The number of hydrogen-bond acceptors (Lipinski definition) is 6. The highest BCUT2D eigenvalue weighted by Gasteiger charge is 2.32. The van der Waals surface area contributed by atoms with Crippen LogP contribution in [0.2, 0.25) is 5.15 Å². The molecule has 2 aromatic rings. The molecule has 9 heteroatoms. The van der Waals surface area contributed by atoms with Crippen LogP contribution in [0.4, 0.5) is 0 Å². The van der Waals surface area contributed by atoms with Gasteiger partial charge in [0.1, 0.15) is 10.4 Å². The van der Waals surface area contributed by atoms with Crippen LogP contribution >= 0.6 is 23.4 Å². The molecule has 0 aliphatic carbocycles. The van der Waals surface area contributed by atoms with Crippen LogP contribution in [-0.2, 0) is 9.59 Å². The first-order valence-electron chi connectivity index (χ1n) is 6.87. The number of carbonyl (C=O) groups is 2. The lowest BCUT2D eigenvalue weighted by Gasteiger charge is -1.99. The van der Waals surface area contributed by atoms with Gasteiger partial charge in [-0.25, -0.2) is 4.98 Å². The molecule has 0 bridgehead atoms. The number of fused-ring (bicyclic) bond motifs is 1. The summed E-state index contributed by atoms with van der Waals surface area (Å²) in [6.07, 6.45) is 2.96. The number of carboxylic acid groups (broad SMARTS) is 1. The summed E-state index contributed by atoms with van der Waals surface area (Å²) in [4.78, 5) is 26.3.